The summed E-state index contributed by atoms with van der Waals surface area (Å²) < 4.78 is 24.7. The lowest BCUT2D eigenvalue weighted by Crippen LogP contribution is -2.72. The highest BCUT2D eigenvalue weighted by Crippen LogP contribution is 2.62. The number of nitrogens with one attached hydrogen (secondary N) is 1. The van der Waals surface area contributed by atoms with Gasteiger partial charge in [0.2, 0.25) is 5.91 Å². The standard InChI is InChI=1S/C16H19FN2O3/c17-12-3-1-2-11(4-12)5-13(20)19-15-6-14(7-15,8-18)22-16(15)9-21-10-16/h1-4H,5-10,18H2,(H,19,20). The lowest BCUT2D eigenvalue weighted by atomic mass is 9.61. The minimum absolute atomic E-state index is 0.118. The lowest BCUT2D eigenvalue weighted by molar-refractivity contribution is -0.207. The topological polar surface area (TPSA) is 73.6 Å². The van der Waals surface area contributed by atoms with Crippen molar-refractivity contribution in [2.75, 3.05) is 19.8 Å². The van der Waals surface area contributed by atoms with E-state index in [1.54, 1.807) is 12.1 Å². The van der Waals surface area contributed by atoms with E-state index in [2.05, 4.69) is 5.32 Å². The molecule has 0 radical (unpaired) electrons. The van der Waals surface area contributed by atoms with Gasteiger partial charge < -0.3 is 20.5 Å². The zero-order chi connectivity index (χ0) is 15.4. The van der Waals surface area contributed by atoms with Gasteiger partial charge >= 0.3 is 0 Å². The monoisotopic (exact) mass is 306 g/mol. The normalized spacial score (nSPS) is 34.1. The molecule has 2 bridgehead atoms. The fraction of sp³-hybridized carbons (Fsp3) is 0.562. The van der Waals surface area contributed by atoms with Crippen LogP contribution in [0.1, 0.15) is 18.4 Å². The van der Waals surface area contributed by atoms with Crippen molar-refractivity contribution in [2.45, 2.75) is 36.0 Å². The third kappa shape index (κ3) is 1.84. The molecule has 22 heavy (non-hydrogen) atoms. The largest absolute Gasteiger partial charge is 0.375 e. The summed E-state index contributed by atoms with van der Waals surface area (Å²) in [5, 5.41) is 3.12. The first kappa shape index (κ1) is 14.1. The molecule has 3 N–H and O–H groups in total. The van der Waals surface area contributed by atoms with Crippen molar-refractivity contribution in [3.8, 4) is 0 Å². The van der Waals surface area contributed by atoms with E-state index in [0.717, 1.165) is 12.8 Å². The maximum absolute atomic E-state index is 13.2. The Labute approximate surface area is 128 Å². The van der Waals surface area contributed by atoms with Gasteiger partial charge in [-0.25, -0.2) is 4.39 Å². The number of nitrogens with two attached hydrogens (primary N) is 1. The molecule has 4 aliphatic rings. The molecular weight excluding hydrogens is 287 g/mol. The number of carbonyl (C=O) groups is 1. The van der Waals surface area contributed by atoms with Gasteiger partial charge in [0.15, 0.2) is 0 Å². The second kappa shape index (κ2) is 4.50. The molecule has 118 valence electrons. The van der Waals surface area contributed by atoms with E-state index < -0.39 is 5.60 Å². The highest BCUT2D eigenvalue weighted by atomic mass is 19.1. The number of carbonyl (C=O) groups excluding carboxylic acids is 1. The molecule has 0 atom stereocenters. The van der Waals surface area contributed by atoms with Crippen molar-refractivity contribution in [3.05, 3.63) is 35.6 Å². The summed E-state index contributed by atoms with van der Waals surface area (Å²) in [6.07, 6.45) is 1.62. The minimum Gasteiger partial charge on any atom is -0.375 e. The second-order valence-electron chi connectivity index (χ2n) is 6.77. The van der Waals surface area contributed by atoms with Crippen LogP contribution in [0.2, 0.25) is 0 Å². The Hall–Kier alpha value is -1.50. The second-order valence-corrected chi connectivity index (χ2v) is 6.77. The molecule has 0 unspecified atom stereocenters. The highest BCUT2D eigenvalue weighted by Gasteiger charge is 2.77. The quantitative estimate of drug-likeness (QED) is 0.850. The van der Waals surface area contributed by atoms with Gasteiger partial charge in [0.1, 0.15) is 11.4 Å². The Morgan fingerprint density at radius 3 is 2.73 bits per heavy atom. The number of amides is 1. The van der Waals surface area contributed by atoms with E-state index >= 15 is 0 Å². The molecule has 3 heterocycles. The molecule has 1 aromatic rings. The Kier molecular flexibility index (Phi) is 2.89. The maximum atomic E-state index is 13.2. The number of benzene rings is 1. The van der Waals surface area contributed by atoms with Gasteiger partial charge in [0.05, 0.1) is 30.8 Å². The third-order valence-corrected chi connectivity index (χ3v) is 5.21. The molecular formula is C16H19FN2O3. The smallest absolute Gasteiger partial charge is 0.224 e. The van der Waals surface area contributed by atoms with Crippen molar-refractivity contribution in [3.63, 3.8) is 0 Å². The van der Waals surface area contributed by atoms with E-state index in [9.17, 15) is 9.18 Å². The van der Waals surface area contributed by atoms with Crippen LogP contribution in [-0.2, 0) is 20.7 Å². The van der Waals surface area contributed by atoms with Crippen LogP contribution in [0.3, 0.4) is 0 Å². The molecule has 1 spiro atoms. The van der Waals surface area contributed by atoms with Crippen LogP contribution < -0.4 is 11.1 Å². The van der Waals surface area contributed by atoms with E-state index in [1.807, 2.05) is 0 Å². The first-order chi connectivity index (χ1) is 10.5. The zero-order valence-corrected chi connectivity index (χ0v) is 12.2. The van der Waals surface area contributed by atoms with Crippen molar-refractivity contribution >= 4 is 5.91 Å². The summed E-state index contributed by atoms with van der Waals surface area (Å²) in [6, 6.07) is 6.11. The molecule has 0 aromatic heterocycles. The number of halogens is 1. The number of hydrogen-bond acceptors (Lipinski definition) is 4. The fourth-order valence-electron chi connectivity index (χ4n) is 4.11. The molecule has 4 fully saturated rings. The van der Waals surface area contributed by atoms with Crippen LogP contribution in [0.15, 0.2) is 24.3 Å². The van der Waals surface area contributed by atoms with E-state index in [0.29, 0.717) is 25.3 Å². The van der Waals surface area contributed by atoms with E-state index in [4.69, 9.17) is 15.2 Å². The first-order valence-electron chi connectivity index (χ1n) is 7.54. The van der Waals surface area contributed by atoms with Crippen molar-refractivity contribution in [1.29, 1.82) is 0 Å². The van der Waals surface area contributed by atoms with Gasteiger partial charge in [-0.2, -0.15) is 0 Å². The third-order valence-electron chi connectivity index (χ3n) is 5.21. The number of hydrogen-bond donors (Lipinski definition) is 2. The SMILES string of the molecule is NCC12CC(NC(=O)Cc3cccc(F)c3)(C1)C1(COC1)O2. The Bertz CT molecular complexity index is 624. The Balaban J connectivity index is 1.48. The van der Waals surface area contributed by atoms with Crippen LogP contribution in [0.4, 0.5) is 4.39 Å². The average Bonchev–Trinajstić information content (AvgIpc) is 2.84. The summed E-state index contributed by atoms with van der Waals surface area (Å²) in [6.45, 7) is 1.44. The van der Waals surface area contributed by atoms with E-state index in [-0.39, 0.29) is 29.3 Å². The molecule has 1 amide bonds. The molecule has 5 nitrogen and oxygen atoms in total. The number of ether oxygens (including phenoxy) is 2. The highest BCUT2D eigenvalue weighted by molar-refractivity contribution is 5.80. The summed E-state index contributed by atoms with van der Waals surface area (Å²) in [5.74, 6) is -0.449. The molecule has 5 rings (SSSR count). The van der Waals surface area contributed by atoms with Gasteiger partial charge in [-0.05, 0) is 17.7 Å². The Morgan fingerprint density at radius 1 is 1.36 bits per heavy atom. The van der Waals surface area contributed by atoms with Crippen LogP contribution in [0.5, 0.6) is 0 Å². The molecule has 6 heteroatoms. The number of rotatable bonds is 4. The molecule has 3 saturated heterocycles. The van der Waals surface area contributed by atoms with Crippen LogP contribution in [0, 0.1) is 5.82 Å². The molecule has 3 aliphatic heterocycles. The average molecular weight is 306 g/mol. The zero-order valence-electron chi connectivity index (χ0n) is 12.2. The van der Waals surface area contributed by atoms with Crippen LogP contribution in [0.25, 0.3) is 0 Å². The van der Waals surface area contributed by atoms with Crippen LogP contribution in [-0.4, -0.2) is 42.4 Å². The van der Waals surface area contributed by atoms with Crippen molar-refractivity contribution < 1.29 is 18.7 Å². The fourth-order valence-corrected chi connectivity index (χ4v) is 4.11. The van der Waals surface area contributed by atoms with Crippen molar-refractivity contribution in [1.82, 2.24) is 5.32 Å². The summed E-state index contributed by atoms with van der Waals surface area (Å²) in [5.41, 5.74) is 5.36. The van der Waals surface area contributed by atoms with Gasteiger partial charge in [-0.1, -0.05) is 12.1 Å². The Morgan fingerprint density at radius 2 is 2.14 bits per heavy atom. The van der Waals surface area contributed by atoms with Crippen LogP contribution >= 0.6 is 0 Å². The molecule has 1 saturated carbocycles. The van der Waals surface area contributed by atoms with Gasteiger partial charge in [-0.3, -0.25) is 4.79 Å². The predicted molar refractivity (Wildman–Crippen MR) is 76.6 cm³/mol. The van der Waals surface area contributed by atoms with Gasteiger partial charge in [0.25, 0.3) is 0 Å². The summed E-state index contributed by atoms with van der Waals surface area (Å²) in [7, 11) is 0. The van der Waals surface area contributed by atoms with Gasteiger partial charge in [-0.15, -0.1) is 0 Å². The van der Waals surface area contributed by atoms with Crippen molar-refractivity contribution in [2.24, 2.45) is 5.73 Å². The minimum atomic E-state index is -0.427. The maximum Gasteiger partial charge on any atom is 0.224 e. The predicted octanol–water partition coefficient (Wildman–Crippen LogP) is 0.514. The summed E-state index contributed by atoms with van der Waals surface area (Å²) >= 11 is 0. The van der Waals surface area contributed by atoms with Gasteiger partial charge in [0, 0.05) is 19.4 Å². The lowest BCUT2D eigenvalue weighted by Gasteiger charge is -2.51. The first-order valence-corrected chi connectivity index (χ1v) is 7.54. The molecule has 1 aromatic carbocycles. The van der Waals surface area contributed by atoms with E-state index in [1.165, 1.54) is 12.1 Å². The molecule has 1 aliphatic carbocycles. The summed E-state index contributed by atoms with van der Waals surface area (Å²) in [4.78, 5) is 12.4.